The van der Waals surface area contributed by atoms with Crippen molar-refractivity contribution in [1.29, 1.82) is 0 Å². The lowest BCUT2D eigenvalue weighted by atomic mass is 10.3. The molecule has 6 heteroatoms. The Labute approximate surface area is 109 Å². The van der Waals surface area contributed by atoms with Crippen LogP contribution in [0.3, 0.4) is 0 Å². The zero-order valence-corrected chi connectivity index (χ0v) is 11.4. The third-order valence-corrected chi connectivity index (χ3v) is 3.80. The van der Waals surface area contributed by atoms with Crippen LogP contribution in [0.25, 0.3) is 0 Å². The van der Waals surface area contributed by atoms with Gasteiger partial charge in [0.1, 0.15) is 11.0 Å². The van der Waals surface area contributed by atoms with E-state index in [0.29, 0.717) is 23.5 Å². The van der Waals surface area contributed by atoms with Gasteiger partial charge in [-0.2, -0.15) is 0 Å². The summed E-state index contributed by atoms with van der Waals surface area (Å²) in [6.45, 7) is 3.57. The number of methoxy groups -OCH3 is 1. The van der Waals surface area contributed by atoms with E-state index in [-0.39, 0.29) is 5.76 Å². The maximum Gasteiger partial charge on any atom is 0.374 e. The SMILES string of the molecule is CCC(SCc1cc(C)c(C(=O)OC)o1)C(=O)O. The molecular weight excluding hydrogens is 256 g/mol. The fourth-order valence-corrected chi connectivity index (χ4v) is 2.35. The van der Waals surface area contributed by atoms with E-state index >= 15 is 0 Å². The molecule has 0 amide bonds. The van der Waals surface area contributed by atoms with E-state index in [1.165, 1.54) is 18.9 Å². The van der Waals surface area contributed by atoms with Crippen molar-refractivity contribution in [2.45, 2.75) is 31.3 Å². The van der Waals surface area contributed by atoms with E-state index in [1.807, 2.05) is 6.92 Å². The molecule has 0 radical (unpaired) electrons. The van der Waals surface area contributed by atoms with E-state index in [9.17, 15) is 9.59 Å². The number of hydrogen-bond donors (Lipinski definition) is 1. The van der Waals surface area contributed by atoms with Crippen LogP contribution in [0.1, 0.15) is 35.2 Å². The summed E-state index contributed by atoms with van der Waals surface area (Å²) in [6.07, 6.45) is 0.545. The highest BCUT2D eigenvalue weighted by Crippen LogP contribution is 2.24. The van der Waals surface area contributed by atoms with Gasteiger partial charge in [0.25, 0.3) is 0 Å². The van der Waals surface area contributed by atoms with E-state index in [2.05, 4.69) is 4.74 Å². The molecule has 1 atom stereocenters. The van der Waals surface area contributed by atoms with Gasteiger partial charge in [-0.05, 0) is 19.4 Å². The first-order valence-corrected chi connectivity index (χ1v) is 6.56. The third kappa shape index (κ3) is 3.53. The molecule has 0 aliphatic rings. The van der Waals surface area contributed by atoms with Crippen molar-refractivity contribution < 1.29 is 23.8 Å². The fourth-order valence-electron chi connectivity index (χ4n) is 1.46. The molecule has 0 bridgehead atoms. The molecule has 0 fully saturated rings. The predicted molar refractivity (Wildman–Crippen MR) is 67.8 cm³/mol. The Kier molecular flexibility index (Phi) is 5.27. The molecule has 1 N–H and O–H groups in total. The van der Waals surface area contributed by atoms with Crippen LogP contribution >= 0.6 is 11.8 Å². The van der Waals surface area contributed by atoms with Crippen molar-refractivity contribution in [2.24, 2.45) is 0 Å². The number of rotatable bonds is 6. The van der Waals surface area contributed by atoms with E-state index in [4.69, 9.17) is 9.52 Å². The highest BCUT2D eigenvalue weighted by Gasteiger charge is 2.19. The van der Waals surface area contributed by atoms with Crippen LogP contribution in [0.15, 0.2) is 10.5 Å². The molecule has 1 unspecified atom stereocenters. The minimum atomic E-state index is -0.834. The van der Waals surface area contributed by atoms with Gasteiger partial charge in [0.2, 0.25) is 5.76 Å². The number of carbonyl (C=O) groups excluding carboxylic acids is 1. The maximum atomic E-state index is 11.3. The summed E-state index contributed by atoms with van der Waals surface area (Å²) in [5.41, 5.74) is 0.695. The first kappa shape index (κ1) is 14.6. The van der Waals surface area contributed by atoms with Crippen LogP contribution in [-0.2, 0) is 15.3 Å². The lowest BCUT2D eigenvalue weighted by Gasteiger charge is -2.07. The van der Waals surface area contributed by atoms with Crippen molar-refractivity contribution in [3.05, 3.63) is 23.2 Å². The van der Waals surface area contributed by atoms with E-state index in [0.717, 1.165) is 0 Å². The van der Waals surface area contributed by atoms with Crippen molar-refractivity contribution in [1.82, 2.24) is 0 Å². The lowest BCUT2D eigenvalue weighted by Crippen LogP contribution is -2.14. The van der Waals surface area contributed by atoms with Gasteiger partial charge in [0.15, 0.2) is 0 Å². The van der Waals surface area contributed by atoms with Gasteiger partial charge in [-0.1, -0.05) is 6.92 Å². The average Bonchev–Trinajstić information content (AvgIpc) is 2.70. The second-order valence-electron chi connectivity index (χ2n) is 3.76. The van der Waals surface area contributed by atoms with Gasteiger partial charge in [0.05, 0.1) is 12.9 Å². The Balaban J connectivity index is 2.69. The number of carboxylic acid groups (broad SMARTS) is 1. The second kappa shape index (κ2) is 6.49. The fraction of sp³-hybridized carbons (Fsp3) is 0.500. The Morgan fingerprint density at radius 2 is 2.22 bits per heavy atom. The van der Waals surface area contributed by atoms with Crippen molar-refractivity contribution in [2.75, 3.05) is 7.11 Å². The molecule has 100 valence electrons. The summed E-state index contributed by atoms with van der Waals surface area (Å²) in [7, 11) is 1.29. The zero-order valence-electron chi connectivity index (χ0n) is 10.6. The molecule has 5 nitrogen and oxygen atoms in total. The highest BCUT2D eigenvalue weighted by molar-refractivity contribution is 7.99. The van der Waals surface area contributed by atoms with Crippen LogP contribution in [0.5, 0.6) is 0 Å². The largest absolute Gasteiger partial charge is 0.480 e. The molecule has 0 spiro atoms. The zero-order chi connectivity index (χ0) is 13.7. The topological polar surface area (TPSA) is 76.7 Å². The standard InChI is InChI=1S/C12H16O5S/c1-4-9(11(13)14)18-6-8-5-7(2)10(17-8)12(15)16-3/h5,9H,4,6H2,1-3H3,(H,13,14). The summed E-state index contributed by atoms with van der Waals surface area (Å²) < 4.78 is 9.94. The third-order valence-electron chi connectivity index (χ3n) is 2.41. The molecular formula is C12H16O5S. The summed E-state index contributed by atoms with van der Waals surface area (Å²) in [6, 6.07) is 1.73. The van der Waals surface area contributed by atoms with Crippen LogP contribution in [0, 0.1) is 6.92 Å². The minimum absolute atomic E-state index is 0.177. The molecule has 0 saturated heterocycles. The molecule has 1 heterocycles. The molecule has 0 saturated carbocycles. The normalized spacial score (nSPS) is 12.2. The van der Waals surface area contributed by atoms with Crippen molar-refractivity contribution >= 4 is 23.7 Å². The first-order chi connectivity index (χ1) is 8.49. The average molecular weight is 272 g/mol. The number of esters is 1. The van der Waals surface area contributed by atoms with Gasteiger partial charge in [-0.15, -0.1) is 11.8 Å². The monoisotopic (exact) mass is 272 g/mol. The van der Waals surface area contributed by atoms with Crippen molar-refractivity contribution in [3.8, 4) is 0 Å². The Morgan fingerprint density at radius 1 is 1.56 bits per heavy atom. The number of aryl methyl sites for hydroxylation is 1. The second-order valence-corrected chi connectivity index (χ2v) is 4.95. The highest BCUT2D eigenvalue weighted by atomic mass is 32.2. The van der Waals surface area contributed by atoms with Gasteiger partial charge in [0, 0.05) is 5.56 Å². The molecule has 0 aliphatic heterocycles. The van der Waals surface area contributed by atoms with Crippen molar-refractivity contribution in [3.63, 3.8) is 0 Å². The molecule has 0 aliphatic carbocycles. The Bertz CT molecular complexity index is 438. The van der Waals surface area contributed by atoms with Gasteiger partial charge in [-0.25, -0.2) is 4.79 Å². The summed E-state index contributed by atoms with van der Waals surface area (Å²) in [4.78, 5) is 22.2. The molecule has 18 heavy (non-hydrogen) atoms. The quantitative estimate of drug-likeness (QED) is 0.802. The number of ether oxygens (including phenoxy) is 1. The molecule has 1 aromatic heterocycles. The van der Waals surface area contributed by atoms with Gasteiger partial charge in [-0.3, -0.25) is 4.79 Å². The lowest BCUT2D eigenvalue weighted by molar-refractivity contribution is -0.136. The smallest absolute Gasteiger partial charge is 0.374 e. The van der Waals surface area contributed by atoms with Gasteiger partial charge < -0.3 is 14.3 Å². The number of hydrogen-bond acceptors (Lipinski definition) is 5. The molecule has 1 aromatic rings. The van der Waals surface area contributed by atoms with Crippen LogP contribution in [-0.4, -0.2) is 29.4 Å². The first-order valence-electron chi connectivity index (χ1n) is 5.51. The molecule has 0 aromatic carbocycles. The number of carboxylic acids is 1. The summed E-state index contributed by atoms with van der Waals surface area (Å²) in [5.74, 6) is -0.176. The molecule has 1 rings (SSSR count). The summed E-state index contributed by atoms with van der Waals surface area (Å²) in [5, 5.41) is 8.45. The van der Waals surface area contributed by atoms with E-state index < -0.39 is 17.2 Å². The van der Waals surface area contributed by atoms with Crippen LogP contribution < -0.4 is 0 Å². The Morgan fingerprint density at radius 3 is 2.72 bits per heavy atom. The predicted octanol–water partition coefficient (Wildman–Crippen LogP) is 2.47. The number of aliphatic carboxylic acids is 1. The van der Waals surface area contributed by atoms with Crippen LogP contribution in [0.4, 0.5) is 0 Å². The number of carbonyl (C=O) groups is 2. The summed E-state index contributed by atoms with van der Waals surface area (Å²) >= 11 is 1.28. The minimum Gasteiger partial charge on any atom is -0.480 e. The maximum absolute atomic E-state index is 11.3. The van der Waals surface area contributed by atoms with Gasteiger partial charge >= 0.3 is 11.9 Å². The van der Waals surface area contributed by atoms with E-state index in [1.54, 1.807) is 13.0 Å². The number of thioether (sulfide) groups is 1. The van der Waals surface area contributed by atoms with Crippen LogP contribution in [0.2, 0.25) is 0 Å². The number of furan rings is 1. The Hall–Kier alpha value is -1.43.